The minimum atomic E-state index is -1.06. The van der Waals surface area contributed by atoms with Crippen LogP contribution in [0.2, 0.25) is 0 Å². The zero-order chi connectivity index (χ0) is 18.0. The van der Waals surface area contributed by atoms with Crippen molar-refractivity contribution in [3.05, 3.63) is 23.8 Å². The molecule has 3 N–H and O–H groups in total. The van der Waals surface area contributed by atoms with Crippen LogP contribution < -0.4 is 14.8 Å². The van der Waals surface area contributed by atoms with Crippen molar-refractivity contribution < 1.29 is 29.3 Å². The molecule has 1 aromatic carbocycles. The van der Waals surface area contributed by atoms with E-state index < -0.39 is 18.0 Å². The summed E-state index contributed by atoms with van der Waals surface area (Å²) in [6.45, 7) is 0.720. The molecule has 7 heteroatoms. The topological polar surface area (TPSA) is 105 Å². The van der Waals surface area contributed by atoms with Gasteiger partial charge in [-0.05, 0) is 62.3 Å². The van der Waals surface area contributed by atoms with Crippen LogP contribution in [0.15, 0.2) is 18.2 Å². The van der Waals surface area contributed by atoms with Crippen LogP contribution in [0.1, 0.15) is 36.0 Å². The number of aliphatic carboxylic acids is 1. The number of aromatic carboxylic acids is 1. The van der Waals surface area contributed by atoms with Gasteiger partial charge in [0, 0.05) is 0 Å². The summed E-state index contributed by atoms with van der Waals surface area (Å²) in [6.07, 6.45) is 3.04. The summed E-state index contributed by atoms with van der Waals surface area (Å²) in [5.74, 6) is -0.324. The van der Waals surface area contributed by atoms with Crippen molar-refractivity contribution in [2.45, 2.75) is 37.8 Å². The fraction of sp³-hybridized carbons (Fsp3) is 0.556. The molecule has 2 fully saturated rings. The normalized spacial score (nSPS) is 28.7. The number of fused-ring (bicyclic) bond motifs is 1. The number of carbonyl (C=O) groups is 2. The Morgan fingerprint density at radius 2 is 1.96 bits per heavy atom. The van der Waals surface area contributed by atoms with E-state index in [2.05, 4.69) is 5.32 Å². The molecule has 1 heterocycles. The Morgan fingerprint density at radius 1 is 1.16 bits per heavy atom. The number of carboxylic acids is 2. The molecule has 3 rings (SSSR count). The third-order valence-electron chi connectivity index (χ3n) is 5.27. The van der Waals surface area contributed by atoms with Gasteiger partial charge in [-0.15, -0.1) is 0 Å². The molecule has 1 saturated heterocycles. The highest BCUT2D eigenvalue weighted by Crippen LogP contribution is 2.38. The standard InChI is InChI=1S/C18H23NO6/c1-24-12-4-5-16(14(8-12)17(20)21)25-13-3-2-10-9-19-15(18(22)23)7-11(10)6-13/h4-5,8,10-11,13,15,19H,2-3,6-7,9H2,1H3,(H,20,21)(H,22,23)/t10-,11+,13-,15-/m0/s1. The first kappa shape index (κ1) is 17.5. The summed E-state index contributed by atoms with van der Waals surface area (Å²) in [4.78, 5) is 22.7. The molecule has 136 valence electrons. The molecule has 0 radical (unpaired) electrons. The summed E-state index contributed by atoms with van der Waals surface area (Å²) in [5, 5.41) is 21.7. The SMILES string of the molecule is COc1ccc(O[C@H]2CC[C@H]3CN[C@H](C(=O)O)C[C@H]3C2)c(C(=O)O)c1. The first-order valence-corrected chi connectivity index (χ1v) is 8.52. The Hall–Kier alpha value is -2.28. The van der Waals surface area contributed by atoms with Crippen molar-refractivity contribution in [3.63, 3.8) is 0 Å². The predicted molar refractivity (Wildman–Crippen MR) is 89.2 cm³/mol. The maximum Gasteiger partial charge on any atom is 0.339 e. The van der Waals surface area contributed by atoms with Gasteiger partial charge in [0.2, 0.25) is 0 Å². The summed E-state index contributed by atoms with van der Waals surface area (Å²) in [7, 11) is 1.48. The van der Waals surface area contributed by atoms with E-state index in [9.17, 15) is 19.8 Å². The van der Waals surface area contributed by atoms with Gasteiger partial charge in [0.15, 0.2) is 0 Å². The van der Waals surface area contributed by atoms with Gasteiger partial charge in [0.05, 0.1) is 13.2 Å². The Morgan fingerprint density at radius 3 is 2.64 bits per heavy atom. The third-order valence-corrected chi connectivity index (χ3v) is 5.27. The molecule has 7 nitrogen and oxygen atoms in total. The Balaban J connectivity index is 1.70. The molecule has 2 aliphatic rings. The molecule has 0 unspecified atom stereocenters. The summed E-state index contributed by atoms with van der Waals surface area (Å²) < 4.78 is 11.1. The van der Waals surface area contributed by atoms with Crippen molar-refractivity contribution in [2.75, 3.05) is 13.7 Å². The smallest absolute Gasteiger partial charge is 0.339 e. The third kappa shape index (κ3) is 3.87. The average molecular weight is 349 g/mol. The van der Waals surface area contributed by atoms with E-state index in [4.69, 9.17) is 9.47 Å². The van der Waals surface area contributed by atoms with Crippen LogP contribution in [0.3, 0.4) is 0 Å². The molecule has 0 spiro atoms. The lowest BCUT2D eigenvalue weighted by molar-refractivity contribution is -0.141. The average Bonchev–Trinajstić information content (AvgIpc) is 2.61. The molecule has 1 aliphatic heterocycles. The van der Waals surface area contributed by atoms with Gasteiger partial charge < -0.3 is 25.0 Å². The number of benzene rings is 1. The summed E-state index contributed by atoms with van der Waals surface area (Å²) in [6, 6.07) is 4.25. The van der Waals surface area contributed by atoms with Crippen molar-refractivity contribution >= 4 is 11.9 Å². The highest BCUT2D eigenvalue weighted by Gasteiger charge is 2.38. The second-order valence-electron chi connectivity index (χ2n) is 6.78. The van der Waals surface area contributed by atoms with Crippen molar-refractivity contribution in [1.82, 2.24) is 5.32 Å². The summed E-state index contributed by atoms with van der Waals surface area (Å²) >= 11 is 0. The maximum atomic E-state index is 11.5. The van der Waals surface area contributed by atoms with Gasteiger partial charge in [-0.1, -0.05) is 0 Å². The van der Waals surface area contributed by atoms with E-state index in [-0.39, 0.29) is 17.6 Å². The molecule has 4 atom stereocenters. The number of hydrogen-bond acceptors (Lipinski definition) is 5. The minimum Gasteiger partial charge on any atom is -0.497 e. The monoisotopic (exact) mass is 349 g/mol. The molecular formula is C18H23NO6. The van der Waals surface area contributed by atoms with Crippen LogP contribution in [0.25, 0.3) is 0 Å². The molecule has 1 aliphatic carbocycles. The van der Waals surface area contributed by atoms with E-state index >= 15 is 0 Å². The number of piperidine rings is 1. The minimum absolute atomic E-state index is 0.0789. The van der Waals surface area contributed by atoms with Crippen molar-refractivity contribution in [1.29, 1.82) is 0 Å². The van der Waals surface area contributed by atoms with Crippen molar-refractivity contribution in [3.8, 4) is 11.5 Å². The van der Waals surface area contributed by atoms with E-state index in [0.29, 0.717) is 23.8 Å². The molecular weight excluding hydrogens is 326 g/mol. The fourth-order valence-electron chi connectivity index (χ4n) is 3.90. The molecule has 0 bridgehead atoms. The van der Waals surface area contributed by atoms with Crippen LogP contribution in [0, 0.1) is 11.8 Å². The van der Waals surface area contributed by atoms with Gasteiger partial charge >= 0.3 is 11.9 Å². The van der Waals surface area contributed by atoms with E-state index in [0.717, 1.165) is 25.8 Å². The van der Waals surface area contributed by atoms with Gasteiger partial charge in [-0.25, -0.2) is 4.79 Å². The highest BCUT2D eigenvalue weighted by atomic mass is 16.5. The first-order valence-electron chi connectivity index (χ1n) is 8.52. The van der Waals surface area contributed by atoms with Crippen LogP contribution in [0.5, 0.6) is 11.5 Å². The van der Waals surface area contributed by atoms with Crippen LogP contribution in [-0.2, 0) is 4.79 Å². The van der Waals surface area contributed by atoms with E-state index in [1.165, 1.54) is 13.2 Å². The van der Waals surface area contributed by atoms with E-state index in [1.807, 2.05) is 0 Å². The number of hydrogen-bond donors (Lipinski definition) is 3. The van der Waals surface area contributed by atoms with Crippen LogP contribution in [-0.4, -0.2) is 48.0 Å². The predicted octanol–water partition coefficient (Wildman–Crippen LogP) is 2.00. The lowest BCUT2D eigenvalue weighted by atomic mass is 9.72. The van der Waals surface area contributed by atoms with Gasteiger partial charge in [0.25, 0.3) is 0 Å². The van der Waals surface area contributed by atoms with Crippen LogP contribution in [0.4, 0.5) is 0 Å². The fourth-order valence-corrected chi connectivity index (χ4v) is 3.90. The number of nitrogens with one attached hydrogen (secondary N) is 1. The number of rotatable bonds is 5. The molecule has 1 aromatic rings. The zero-order valence-electron chi connectivity index (χ0n) is 14.1. The van der Waals surface area contributed by atoms with Gasteiger partial charge in [0.1, 0.15) is 23.1 Å². The lowest BCUT2D eigenvalue weighted by Gasteiger charge is -2.41. The number of ether oxygens (including phenoxy) is 2. The number of methoxy groups -OCH3 is 1. The zero-order valence-corrected chi connectivity index (χ0v) is 14.1. The lowest BCUT2D eigenvalue weighted by Crippen LogP contribution is -2.50. The van der Waals surface area contributed by atoms with E-state index in [1.54, 1.807) is 12.1 Å². The second kappa shape index (κ2) is 7.31. The Bertz CT molecular complexity index is 661. The largest absolute Gasteiger partial charge is 0.497 e. The first-order chi connectivity index (χ1) is 12.0. The maximum absolute atomic E-state index is 11.5. The quantitative estimate of drug-likeness (QED) is 0.747. The Kier molecular flexibility index (Phi) is 5.13. The summed E-state index contributed by atoms with van der Waals surface area (Å²) in [5.41, 5.74) is 0.0789. The van der Waals surface area contributed by atoms with Crippen LogP contribution >= 0.6 is 0 Å². The number of carboxylic acid groups (broad SMARTS) is 2. The van der Waals surface area contributed by atoms with Gasteiger partial charge in [-0.2, -0.15) is 0 Å². The molecule has 1 saturated carbocycles. The molecule has 25 heavy (non-hydrogen) atoms. The van der Waals surface area contributed by atoms with Gasteiger partial charge in [-0.3, -0.25) is 4.79 Å². The highest BCUT2D eigenvalue weighted by molar-refractivity contribution is 5.91. The molecule has 0 aromatic heterocycles. The van der Waals surface area contributed by atoms with Crippen molar-refractivity contribution in [2.24, 2.45) is 11.8 Å². The Labute approximate surface area is 145 Å². The molecule has 0 amide bonds. The second-order valence-corrected chi connectivity index (χ2v) is 6.78.